The van der Waals surface area contributed by atoms with Gasteiger partial charge in [-0.3, -0.25) is 19.0 Å². The zero-order chi connectivity index (χ0) is 31.5. The topological polar surface area (TPSA) is 106 Å². The molecule has 0 unspecified atom stereocenters. The number of fused-ring (bicyclic) bond motifs is 2. The van der Waals surface area contributed by atoms with Gasteiger partial charge in [0.1, 0.15) is 0 Å². The fourth-order valence-electron chi connectivity index (χ4n) is 6.41. The lowest BCUT2D eigenvalue weighted by molar-refractivity contribution is -0.119. The molecule has 1 N–H and O–H groups in total. The van der Waals surface area contributed by atoms with Crippen molar-refractivity contribution in [3.8, 4) is 11.5 Å². The van der Waals surface area contributed by atoms with Crippen molar-refractivity contribution in [3.05, 3.63) is 88.2 Å². The molecular weight excluding hydrogens is 602 g/mol. The highest BCUT2D eigenvalue weighted by molar-refractivity contribution is 7.99. The Kier molecular flexibility index (Phi) is 8.83. The fourth-order valence-corrected chi connectivity index (χ4v) is 7.22. The van der Waals surface area contributed by atoms with Crippen LogP contribution in [0.3, 0.4) is 0 Å². The molecule has 11 heteroatoms. The van der Waals surface area contributed by atoms with E-state index in [1.165, 1.54) is 23.9 Å². The van der Waals surface area contributed by atoms with Crippen LogP contribution in [-0.4, -0.2) is 71.0 Å². The van der Waals surface area contributed by atoms with Gasteiger partial charge in [-0.15, -0.1) is 0 Å². The molecule has 3 heterocycles. The number of aromatic nitrogens is 2. The summed E-state index contributed by atoms with van der Waals surface area (Å²) in [6, 6.07) is 21.3. The van der Waals surface area contributed by atoms with E-state index in [4.69, 9.17) is 14.5 Å². The summed E-state index contributed by atoms with van der Waals surface area (Å²) in [6.45, 7) is 3.21. The molecule has 1 saturated carbocycles. The van der Waals surface area contributed by atoms with Gasteiger partial charge in [0.25, 0.3) is 11.5 Å². The van der Waals surface area contributed by atoms with E-state index in [0.717, 1.165) is 44.3 Å². The monoisotopic (exact) mass is 639 g/mol. The van der Waals surface area contributed by atoms with E-state index in [9.17, 15) is 14.4 Å². The largest absolute Gasteiger partial charge is 0.454 e. The number of rotatable bonds is 8. The number of hydrogen-bond acceptors (Lipinski definition) is 8. The molecule has 2 aliphatic heterocycles. The third-order valence-electron chi connectivity index (χ3n) is 8.95. The number of piperazine rings is 1. The van der Waals surface area contributed by atoms with E-state index in [2.05, 4.69) is 22.3 Å². The van der Waals surface area contributed by atoms with Crippen molar-refractivity contribution in [2.24, 2.45) is 0 Å². The number of nitrogens with zero attached hydrogens (tertiary/aromatic N) is 4. The first kappa shape index (κ1) is 30.2. The van der Waals surface area contributed by atoms with Gasteiger partial charge in [-0.05, 0) is 48.7 Å². The molecular formula is C35H37N5O5S. The van der Waals surface area contributed by atoms with Gasteiger partial charge in [-0.1, -0.05) is 61.4 Å². The molecule has 46 heavy (non-hydrogen) atoms. The van der Waals surface area contributed by atoms with Crippen LogP contribution in [-0.2, 0) is 11.3 Å². The maximum absolute atomic E-state index is 13.9. The maximum atomic E-state index is 13.9. The summed E-state index contributed by atoms with van der Waals surface area (Å²) in [5.41, 5.74) is 2.90. The van der Waals surface area contributed by atoms with Gasteiger partial charge >= 0.3 is 0 Å². The number of carbonyl (C=O) groups is 2. The van der Waals surface area contributed by atoms with Crippen LogP contribution in [0, 0.1) is 0 Å². The zero-order valence-electron chi connectivity index (χ0n) is 25.7. The van der Waals surface area contributed by atoms with Crippen LogP contribution < -0.4 is 25.2 Å². The van der Waals surface area contributed by atoms with Crippen LogP contribution in [0.5, 0.6) is 11.5 Å². The average Bonchev–Trinajstić information content (AvgIpc) is 3.56. The minimum Gasteiger partial charge on any atom is -0.454 e. The molecule has 2 fully saturated rings. The third-order valence-corrected chi connectivity index (χ3v) is 9.92. The van der Waals surface area contributed by atoms with Crippen LogP contribution in [0.25, 0.3) is 10.9 Å². The first-order valence-corrected chi connectivity index (χ1v) is 16.9. The smallest absolute Gasteiger partial charge is 0.262 e. The molecule has 238 valence electrons. The number of hydrogen-bond donors (Lipinski definition) is 1. The number of benzene rings is 3. The van der Waals surface area contributed by atoms with E-state index >= 15 is 0 Å². The third kappa shape index (κ3) is 6.55. The quantitative estimate of drug-likeness (QED) is 0.219. The van der Waals surface area contributed by atoms with Crippen molar-refractivity contribution in [1.29, 1.82) is 0 Å². The number of nitrogens with one attached hydrogen (secondary N) is 1. The maximum Gasteiger partial charge on any atom is 0.262 e. The summed E-state index contributed by atoms with van der Waals surface area (Å²) in [5.74, 6) is 1.16. The summed E-state index contributed by atoms with van der Waals surface area (Å²) in [7, 11) is 0. The zero-order valence-corrected chi connectivity index (χ0v) is 26.5. The van der Waals surface area contributed by atoms with Crippen LogP contribution in [0.15, 0.2) is 76.7 Å². The van der Waals surface area contributed by atoms with Crippen molar-refractivity contribution >= 4 is 40.2 Å². The van der Waals surface area contributed by atoms with E-state index < -0.39 is 0 Å². The molecule has 0 atom stereocenters. The van der Waals surface area contributed by atoms with Crippen molar-refractivity contribution in [2.45, 2.75) is 49.8 Å². The molecule has 0 spiro atoms. The Morgan fingerprint density at radius 1 is 0.891 bits per heavy atom. The minimum absolute atomic E-state index is 0.0000903. The van der Waals surface area contributed by atoms with E-state index in [0.29, 0.717) is 46.2 Å². The normalized spacial score (nSPS) is 16.5. The van der Waals surface area contributed by atoms with Gasteiger partial charge in [0.15, 0.2) is 16.7 Å². The average molecular weight is 640 g/mol. The second kappa shape index (κ2) is 13.5. The Bertz CT molecular complexity index is 1780. The number of para-hydroxylation sites is 1. The van der Waals surface area contributed by atoms with Gasteiger partial charge in [0.05, 0.1) is 23.2 Å². The van der Waals surface area contributed by atoms with Crippen LogP contribution >= 0.6 is 11.8 Å². The number of thioether (sulfide) groups is 1. The predicted molar refractivity (Wildman–Crippen MR) is 178 cm³/mol. The van der Waals surface area contributed by atoms with E-state index in [1.54, 1.807) is 16.7 Å². The Balaban J connectivity index is 1.07. The lowest BCUT2D eigenvalue weighted by Crippen LogP contribution is -2.48. The second-order valence-corrected chi connectivity index (χ2v) is 13.0. The Morgan fingerprint density at radius 3 is 2.35 bits per heavy atom. The number of ether oxygens (including phenoxy) is 2. The molecule has 10 nitrogen and oxygen atoms in total. The number of carbonyl (C=O) groups excluding carboxylic acids is 2. The highest BCUT2D eigenvalue weighted by Gasteiger charge is 2.24. The minimum atomic E-state index is -0.227. The van der Waals surface area contributed by atoms with E-state index in [-0.39, 0.29) is 42.5 Å². The van der Waals surface area contributed by atoms with Gasteiger partial charge in [0.2, 0.25) is 12.7 Å². The predicted octanol–water partition coefficient (Wildman–Crippen LogP) is 4.68. The molecule has 0 radical (unpaired) electrons. The molecule has 4 aromatic rings. The highest BCUT2D eigenvalue weighted by atomic mass is 32.2. The molecule has 1 aliphatic carbocycles. The van der Waals surface area contributed by atoms with Crippen LogP contribution in [0.1, 0.15) is 48.0 Å². The Hall–Kier alpha value is -4.51. The molecule has 0 bridgehead atoms. The summed E-state index contributed by atoms with van der Waals surface area (Å²) >= 11 is 1.25. The van der Waals surface area contributed by atoms with Crippen molar-refractivity contribution in [2.75, 3.05) is 43.6 Å². The van der Waals surface area contributed by atoms with Gasteiger partial charge in [-0.2, -0.15) is 0 Å². The van der Waals surface area contributed by atoms with Gasteiger partial charge in [-0.25, -0.2) is 4.98 Å². The van der Waals surface area contributed by atoms with Crippen molar-refractivity contribution in [1.82, 2.24) is 19.8 Å². The SMILES string of the molecule is O=C(CSc1nc2cc3c(cc2c(=O)n1Cc1ccc(C(=O)N2CCN(c4ccccc4)CC2)cc1)OCO3)NC1CCCCC1. The summed E-state index contributed by atoms with van der Waals surface area (Å²) in [5, 5.41) is 4.02. The molecule has 2 amide bonds. The molecule has 1 aromatic heterocycles. The Labute approximate surface area is 271 Å². The first-order chi connectivity index (χ1) is 22.5. The van der Waals surface area contributed by atoms with Gasteiger partial charge in [0, 0.05) is 49.5 Å². The van der Waals surface area contributed by atoms with E-state index in [1.807, 2.05) is 47.4 Å². The summed E-state index contributed by atoms with van der Waals surface area (Å²) in [6.07, 6.45) is 5.49. The Morgan fingerprint density at radius 2 is 1.61 bits per heavy atom. The van der Waals surface area contributed by atoms with Crippen molar-refractivity contribution < 1.29 is 19.1 Å². The highest BCUT2D eigenvalue weighted by Crippen LogP contribution is 2.35. The molecule has 3 aromatic carbocycles. The van der Waals surface area contributed by atoms with Crippen LogP contribution in [0.4, 0.5) is 5.69 Å². The first-order valence-electron chi connectivity index (χ1n) is 16.0. The van der Waals surface area contributed by atoms with Gasteiger partial charge < -0.3 is 24.6 Å². The lowest BCUT2D eigenvalue weighted by atomic mass is 9.95. The van der Waals surface area contributed by atoms with Crippen molar-refractivity contribution in [3.63, 3.8) is 0 Å². The molecule has 1 saturated heterocycles. The standard InChI is InChI=1S/C35H37N5O5S/c41-32(36-26-7-3-1-4-8-26)22-46-35-37-29-20-31-30(44-23-45-31)19-28(29)34(43)40(35)21-24-11-13-25(14-12-24)33(42)39-17-15-38(16-18-39)27-9-5-2-6-10-27/h2,5-6,9-14,19-20,26H,1,3-4,7-8,15-18,21-23H2,(H,36,41). The summed E-state index contributed by atoms with van der Waals surface area (Å²) in [4.78, 5) is 49.1. The number of anilines is 1. The summed E-state index contributed by atoms with van der Waals surface area (Å²) < 4.78 is 12.6. The lowest BCUT2D eigenvalue weighted by Gasteiger charge is -2.36. The fraction of sp³-hybridized carbons (Fsp3) is 0.371. The second-order valence-electron chi connectivity index (χ2n) is 12.0. The molecule has 3 aliphatic rings. The molecule has 7 rings (SSSR count). The number of amides is 2. The van der Waals surface area contributed by atoms with Crippen LogP contribution in [0.2, 0.25) is 0 Å².